The zero-order chi connectivity index (χ0) is 14.5. The minimum atomic E-state index is -0.212. The Kier molecular flexibility index (Phi) is 4.61. The molecule has 0 saturated carbocycles. The normalized spacial score (nSPS) is 12.2. The molecule has 1 atom stereocenters. The maximum atomic E-state index is 13.0. The highest BCUT2D eigenvalue weighted by molar-refractivity contribution is 5.47. The molecule has 0 radical (unpaired) electrons. The number of halogens is 1. The van der Waals surface area contributed by atoms with Gasteiger partial charge in [0.25, 0.3) is 0 Å². The molecule has 0 aromatic heterocycles. The summed E-state index contributed by atoms with van der Waals surface area (Å²) in [5, 5.41) is 9.30. The molecule has 0 bridgehead atoms. The molecular formula is C17H20FNO. The first-order chi connectivity index (χ1) is 9.60. The standard InChI is InChI=1S/C17H20FNO/c1-3-19(16-8-6-15(18)7-9-16)13(2)12-14-4-10-17(20)11-5-14/h4-11,13,20H,3,12H2,1-2H3. The molecule has 2 rings (SSSR count). The van der Waals surface area contributed by atoms with Crippen molar-refractivity contribution in [3.8, 4) is 5.75 Å². The van der Waals surface area contributed by atoms with Crippen LogP contribution >= 0.6 is 0 Å². The zero-order valence-corrected chi connectivity index (χ0v) is 11.9. The first kappa shape index (κ1) is 14.4. The molecule has 0 heterocycles. The van der Waals surface area contributed by atoms with Crippen LogP contribution in [0.3, 0.4) is 0 Å². The second kappa shape index (κ2) is 6.42. The molecule has 106 valence electrons. The van der Waals surface area contributed by atoms with Crippen molar-refractivity contribution in [2.75, 3.05) is 11.4 Å². The molecule has 20 heavy (non-hydrogen) atoms. The lowest BCUT2D eigenvalue weighted by molar-refractivity contribution is 0.475. The predicted octanol–water partition coefficient (Wildman–Crippen LogP) is 3.99. The fourth-order valence-electron chi connectivity index (χ4n) is 2.46. The fraction of sp³-hybridized carbons (Fsp3) is 0.294. The van der Waals surface area contributed by atoms with Gasteiger partial charge in [-0.05, 0) is 62.2 Å². The molecular weight excluding hydrogens is 253 g/mol. The average molecular weight is 273 g/mol. The Morgan fingerprint density at radius 3 is 2.20 bits per heavy atom. The molecule has 0 aliphatic rings. The van der Waals surface area contributed by atoms with Crippen LogP contribution in [0.4, 0.5) is 10.1 Å². The Bertz CT molecular complexity index is 536. The van der Waals surface area contributed by atoms with Gasteiger partial charge in [0.15, 0.2) is 0 Å². The molecule has 1 unspecified atom stereocenters. The monoisotopic (exact) mass is 273 g/mol. The lowest BCUT2D eigenvalue weighted by atomic mass is 10.0. The van der Waals surface area contributed by atoms with Crippen LogP contribution in [-0.2, 0) is 6.42 Å². The summed E-state index contributed by atoms with van der Waals surface area (Å²) in [5.41, 5.74) is 2.20. The minimum Gasteiger partial charge on any atom is -0.508 e. The van der Waals surface area contributed by atoms with Crippen LogP contribution in [0.25, 0.3) is 0 Å². The maximum absolute atomic E-state index is 13.0. The van der Waals surface area contributed by atoms with Crippen molar-refractivity contribution in [3.05, 3.63) is 59.9 Å². The third kappa shape index (κ3) is 3.50. The van der Waals surface area contributed by atoms with Gasteiger partial charge in [-0.15, -0.1) is 0 Å². The van der Waals surface area contributed by atoms with E-state index in [1.165, 1.54) is 17.7 Å². The Labute approximate surface area is 119 Å². The van der Waals surface area contributed by atoms with Crippen molar-refractivity contribution in [2.24, 2.45) is 0 Å². The first-order valence-corrected chi connectivity index (χ1v) is 6.90. The average Bonchev–Trinajstić information content (AvgIpc) is 2.44. The Morgan fingerprint density at radius 2 is 1.65 bits per heavy atom. The molecule has 0 aliphatic carbocycles. The number of hydrogen-bond donors (Lipinski definition) is 1. The van der Waals surface area contributed by atoms with Gasteiger partial charge in [-0.1, -0.05) is 12.1 Å². The summed E-state index contributed by atoms with van der Waals surface area (Å²) in [6, 6.07) is 14.2. The fourth-order valence-corrected chi connectivity index (χ4v) is 2.46. The van der Waals surface area contributed by atoms with Crippen LogP contribution in [-0.4, -0.2) is 17.7 Å². The summed E-state index contributed by atoms with van der Waals surface area (Å²) in [7, 11) is 0. The maximum Gasteiger partial charge on any atom is 0.123 e. The van der Waals surface area contributed by atoms with Crippen molar-refractivity contribution in [2.45, 2.75) is 26.3 Å². The highest BCUT2D eigenvalue weighted by atomic mass is 19.1. The number of aromatic hydroxyl groups is 1. The van der Waals surface area contributed by atoms with E-state index in [1.54, 1.807) is 12.1 Å². The van der Waals surface area contributed by atoms with Crippen LogP contribution in [0.15, 0.2) is 48.5 Å². The zero-order valence-electron chi connectivity index (χ0n) is 11.9. The van der Waals surface area contributed by atoms with Gasteiger partial charge < -0.3 is 10.0 Å². The van der Waals surface area contributed by atoms with Crippen LogP contribution < -0.4 is 4.90 Å². The third-order valence-electron chi connectivity index (χ3n) is 3.50. The Hall–Kier alpha value is -2.03. The van der Waals surface area contributed by atoms with Crippen molar-refractivity contribution in [1.29, 1.82) is 0 Å². The Balaban J connectivity index is 2.10. The molecule has 0 aliphatic heterocycles. The lowest BCUT2D eigenvalue weighted by Gasteiger charge is -2.30. The molecule has 2 nitrogen and oxygen atoms in total. The van der Waals surface area contributed by atoms with Crippen LogP contribution in [0.2, 0.25) is 0 Å². The summed E-state index contributed by atoms with van der Waals surface area (Å²) in [5.74, 6) is 0.0725. The van der Waals surface area contributed by atoms with E-state index >= 15 is 0 Å². The summed E-state index contributed by atoms with van der Waals surface area (Å²) >= 11 is 0. The number of anilines is 1. The summed E-state index contributed by atoms with van der Waals surface area (Å²) < 4.78 is 13.0. The second-order valence-corrected chi connectivity index (χ2v) is 4.98. The van der Waals surface area contributed by atoms with E-state index in [0.717, 1.165) is 18.7 Å². The van der Waals surface area contributed by atoms with Gasteiger partial charge in [0.2, 0.25) is 0 Å². The van der Waals surface area contributed by atoms with Gasteiger partial charge in [-0.3, -0.25) is 0 Å². The SMILES string of the molecule is CCN(c1ccc(F)cc1)C(C)Cc1ccc(O)cc1. The highest BCUT2D eigenvalue weighted by Gasteiger charge is 2.13. The van der Waals surface area contributed by atoms with E-state index in [-0.39, 0.29) is 11.6 Å². The van der Waals surface area contributed by atoms with E-state index in [0.29, 0.717) is 6.04 Å². The number of phenolic OH excluding ortho intramolecular Hbond substituents is 1. The molecule has 0 amide bonds. The van der Waals surface area contributed by atoms with Crippen molar-refractivity contribution >= 4 is 5.69 Å². The van der Waals surface area contributed by atoms with Gasteiger partial charge in [-0.2, -0.15) is 0 Å². The molecule has 0 saturated heterocycles. The number of nitrogens with zero attached hydrogens (tertiary/aromatic N) is 1. The van der Waals surface area contributed by atoms with E-state index < -0.39 is 0 Å². The van der Waals surface area contributed by atoms with E-state index in [9.17, 15) is 9.50 Å². The Morgan fingerprint density at radius 1 is 1.05 bits per heavy atom. The van der Waals surface area contributed by atoms with E-state index in [2.05, 4.69) is 18.7 Å². The van der Waals surface area contributed by atoms with Gasteiger partial charge in [0.1, 0.15) is 11.6 Å². The smallest absolute Gasteiger partial charge is 0.123 e. The largest absolute Gasteiger partial charge is 0.508 e. The lowest BCUT2D eigenvalue weighted by Crippen LogP contribution is -2.34. The highest BCUT2D eigenvalue weighted by Crippen LogP contribution is 2.20. The van der Waals surface area contributed by atoms with Crippen LogP contribution in [0, 0.1) is 5.82 Å². The summed E-state index contributed by atoms with van der Waals surface area (Å²) in [4.78, 5) is 2.24. The van der Waals surface area contributed by atoms with Crippen molar-refractivity contribution in [1.82, 2.24) is 0 Å². The van der Waals surface area contributed by atoms with Gasteiger partial charge >= 0.3 is 0 Å². The van der Waals surface area contributed by atoms with Gasteiger partial charge in [-0.25, -0.2) is 4.39 Å². The predicted molar refractivity (Wildman–Crippen MR) is 80.7 cm³/mol. The van der Waals surface area contributed by atoms with Crippen molar-refractivity contribution < 1.29 is 9.50 Å². The number of hydrogen-bond acceptors (Lipinski definition) is 2. The van der Waals surface area contributed by atoms with Crippen molar-refractivity contribution in [3.63, 3.8) is 0 Å². The molecule has 0 spiro atoms. The van der Waals surface area contributed by atoms with Gasteiger partial charge in [0.05, 0.1) is 0 Å². The molecule has 1 N–H and O–H groups in total. The minimum absolute atomic E-state index is 0.212. The molecule has 2 aromatic rings. The molecule has 0 fully saturated rings. The van der Waals surface area contributed by atoms with Gasteiger partial charge in [0, 0.05) is 18.3 Å². The second-order valence-electron chi connectivity index (χ2n) is 4.98. The first-order valence-electron chi connectivity index (χ1n) is 6.90. The summed E-state index contributed by atoms with van der Waals surface area (Å²) in [6.07, 6.45) is 0.880. The number of phenols is 1. The molecule has 3 heteroatoms. The van der Waals surface area contributed by atoms with E-state index in [1.807, 2.05) is 24.3 Å². The number of rotatable bonds is 5. The molecule has 2 aromatic carbocycles. The topological polar surface area (TPSA) is 23.5 Å². The number of benzene rings is 2. The van der Waals surface area contributed by atoms with Crippen LogP contribution in [0.1, 0.15) is 19.4 Å². The summed E-state index contributed by atoms with van der Waals surface area (Å²) in [6.45, 7) is 5.11. The number of likely N-dealkylation sites (N-methyl/N-ethyl adjacent to an activating group) is 1. The third-order valence-corrected chi connectivity index (χ3v) is 3.50. The quantitative estimate of drug-likeness (QED) is 0.890. The van der Waals surface area contributed by atoms with Crippen LogP contribution in [0.5, 0.6) is 5.75 Å². The van der Waals surface area contributed by atoms with E-state index in [4.69, 9.17) is 0 Å².